The van der Waals surface area contributed by atoms with Gasteiger partial charge < -0.3 is 24.4 Å². The number of fused-ring (bicyclic) bond motifs is 1. The molecule has 1 aromatic carbocycles. The molecule has 0 saturated carbocycles. The quantitative estimate of drug-likeness (QED) is 0.809. The fourth-order valence-electron chi connectivity index (χ4n) is 3.74. The van der Waals surface area contributed by atoms with Crippen LogP contribution in [0.1, 0.15) is 25.5 Å². The summed E-state index contributed by atoms with van der Waals surface area (Å²) in [7, 11) is 4.05. The summed E-state index contributed by atoms with van der Waals surface area (Å²) in [6, 6.07) is 8.25. The molecule has 148 valence electrons. The average Bonchev–Trinajstić information content (AvgIpc) is 3.24. The largest absolute Gasteiger partial charge is 0.376 e. The lowest BCUT2D eigenvalue weighted by atomic mass is 10.2. The molecule has 6 heteroatoms. The highest BCUT2D eigenvalue weighted by molar-refractivity contribution is 5.93. The third-order valence-corrected chi connectivity index (χ3v) is 5.23. The van der Waals surface area contributed by atoms with E-state index in [-0.39, 0.29) is 12.1 Å². The van der Waals surface area contributed by atoms with Crippen LogP contribution in [0.15, 0.2) is 24.3 Å². The highest BCUT2D eigenvalue weighted by atomic mass is 16.5. The summed E-state index contributed by atoms with van der Waals surface area (Å²) < 4.78 is 8.02. The van der Waals surface area contributed by atoms with E-state index in [1.54, 1.807) is 0 Å². The molecular formula is C21H32N4O2. The lowest BCUT2D eigenvalue weighted by Crippen LogP contribution is -2.43. The molecule has 0 bridgehead atoms. The van der Waals surface area contributed by atoms with Crippen LogP contribution in [0.4, 0.5) is 10.5 Å². The summed E-state index contributed by atoms with van der Waals surface area (Å²) in [6.45, 7) is 8.18. The first-order valence-electron chi connectivity index (χ1n) is 9.90. The van der Waals surface area contributed by atoms with Gasteiger partial charge in [-0.3, -0.25) is 0 Å². The second-order valence-electron chi connectivity index (χ2n) is 7.62. The Kier molecular flexibility index (Phi) is 6.39. The Hall–Kier alpha value is -2.05. The molecule has 1 unspecified atom stereocenters. The van der Waals surface area contributed by atoms with Crippen LogP contribution >= 0.6 is 0 Å². The van der Waals surface area contributed by atoms with Crippen LogP contribution in [0.2, 0.25) is 0 Å². The van der Waals surface area contributed by atoms with E-state index in [4.69, 9.17) is 4.74 Å². The molecule has 1 aliphatic rings. The molecule has 0 spiro atoms. The van der Waals surface area contributed by atoms with Crippen molar-refractivity contribution in [3.63, 3.8) is 0 Å². The van der Waals surface area contributed by atoms with Gasteiger partial charge in [-0.1, -0.05) is 0 Å². The predicted molar refractivity (Wildman–Crippen MR) is 110 cm³/mol. The number of aromatic nitrogens is 1. The van der Waals surface area contributed by atoms with Crippen molar-refractivity contribution >= 4 is 22.6 Å². The van der Waals surface area contributed by atoms with Crippen molar-refractivity contribution in [2.24, 2.45) is 0 Å². The molecule has 27 heavy (non-hydrogen) atoms. The number of ether oxygens (including phenoxy) is 1. The summed E-state index contributed by atoms with van der Waals surface area (Å²) in [4.78, 5) is 16.9. The lowest BCUT2D eigenvalue weighted by Gasteiger charge is -2.27. The van der Waals surface area contributed by atoms with Gasteiger partial charge in [0.2, 0.25) is 0 Å². The summed E-state index contributed by atoms with van der Waals surface area (Å²) in [5, 5.41) is 4.24. The van der Waals surface area contributed by atoms with Gasteiger partial charge in [0, 0.05) is 55.1 Å². The van der Waals surface area contributed by atoms with E-state index in [0.717, 1.165) is 43.6 Å². The number of carbonyl (C=O) groups excluding carboxylic acids is 1. The van der Waals surface area contributed by atoms with Crippen molar-refractivity contribution in [3.05, 3.63) is 30.0 Å². The first-order valence-corrected chi connectivity index (χ1v) is 9.90. The fraction of sp³-hybridized carbons (Fsp3) is 0.571. The number of anilines is 1. The second-order valence-corrected chi connectivity index (χ2v) is 7.62. The Bertz CT molecular complexity index is 778. The molecule has 0 radical (unpaired) electrons. The van der Waals surface area contributed by atoms with Crippen LogP contribution in [-0.2, 0) is 11.3 Å². The molecule has 1 atom stereocenters. The topological polar surface area (TPSA) is 49.7 Å². The third kappa shape index (κ3) is 4.82. The number of carbonyl (C=O) groups is 1. The Morgan fingerprint density at radius 2 is 2.11 bits per heavy atom. The molecule has 1 aromatic heterocycles. The van der Waals surface area contributed by atoms with Crippen LogP contribution in [0.3, 0.4) is 0 Å². The SMILES string of the molecule is CCn1c(C)cc2cc(NC(=O)N(CCN(C)C)CC3CCCO3)ccc21. The maximum Gasteiger partial charge on any atom is 0.321 e. The van der Waals surface area contributed by atoms with E-state index in [9.17, 15) is 4.79 Å². The number of amides is 2. The van der Waals surface area contributed by atoms with Gasteiger partial charge in [-0.2, -0.15) is 0 Å². The van der Waals surface area contributed by atoms with Crippen LogP contribution in [0.25, 0.3) is 10.9 Å². The number of likely N-dealkylation sites (N-methyl/N-ethyl adjacent to an activating group) is 1. The summed E-state index contributed by atoms with van der Waals surface area (Å²) in [5.41, 5.74) is 3.28. The van der Waals surface area contributed by atoms with Gasteiger partial charge in [-0.25, -0.2) is 4.79 Å². The van der Waals surface area contributed by atoms with Gasteiger partial charge in [-0.05, 0) is 65.0 Å². The van der Waals surface area contributed by atoms with Crippen LogP contribution in [0, 0.1) is 6.92 Å². The molecule has 1 saturated heterocycles. The Morgan fingerprint density at radius 3 is 2.78 bits per heavy atom. The van der Waals surface area contributed by atoms with Crippen molar-refractivity contribution < 1.29 is 9.53 Å². The van der Waals surface area contributed by atoms with Crippen molar-refractivity contribution in [2.45, 2.75) is 39.3 Å². The number of aryl methyl sites for hydroxylation is 2. The number of nitrogens with zero attached hydrogens (tertiary/aromatic N) is 3. The van der Waals surface area contributed by atoms with Gasteiger partial charge >= 0.3 is 6.03 Å². The zero-order chi connectivity index (χ0) is 19.4. The summed E-state index contributed by atoms with van der Waals surface area (Å²) in [5.74, 6) is 0. The Balaban J connectivity index is 1.72. The lowest BCUT2D eigenvalue weighted by molar-refractivity contribution is 0.0820. The van der Waals surface area contributed by atoms with E-state index in [1.165, 1.54) is 11.2 Å². The molecule has 2 aromatic rings. The minimum atomic E-state index is -0.0571. The maximum absolute atomic E-state index is 12.9. The zero-order valence-electron chi connectivity index (χ0n) is 17.0. The molecule has 1 aliphatic heterocycles. The highest BCUT2D eigenvalue weighted by Gasteiger charge is 2.22. The zero-order valence-corrected chi connectivity index (χ0v) is 17.0. The number of hydrogen-bond acceptors (Lipinski definition) is 3. The summed E-state index contributed by atoms with van der Waals surface area (Å²) in [6.07, 6.45) is 2.27. The fourth-order valence-corrected chi connectivity index (χ4v) is 3.74. The predicted octanol–water partition coefficient (Wildman–Crippen LogP) is 3.54. The Labute approximate surface area is 162 Å². The summed E-state index contributed by atoms with van der Waals surface area (Å²) >= 11 is 0. The van der Waals surface area contributed by atoms with Crippen molar-refractivity contribution in [1.82, 2.24) is 14.4 Å². The van der Waals surface area contributed by atoms with E-state index in [0.29, 0.717) is 13.1 Å². The molecule has 6 nitrogen and oxygen atoms in total. The number of urea groups is 1. The van der Waals surface area contributed by atoms with Crippen molar-refractivity contribution in [3.8, 4) is 0 Å². The van der Waals surface area contributed by atoms with Crippen molar-refractivity contribution in [1.29, 1.82) is 0 Å². The second kappa shape index (κ2) is 8.76. The first kappa shape index (κ1) is 19.7. The normalized spacial score (nSPS) is 17.0. The number of rotatable bonds is 7. The molecule has 2 heterocycles. The van der Waals surface area contributed by atoms with Crippen LogP contribution in [0.5, 0.6) is 0 Å². The molecule has 0 aliphatic carbocycles. The molecule has 2 amide bonds. The van der Waals surface area contributed by atoms with E-state index in [1.807, 2.05) is 25.1 Å². The molecular weight excluding hydrogens is 340 g/mol. The minimum Gasteiger partial charge on any atom is -0.376 e. The van der Waals surface area contributed by atoms with Gasteiger partial charge in [0.1, 0.15) is 0 Å². The molecule has 1 N–H and O–H groups in total. The highest BCUT2D eigenvalue weighted by Crippen LogP contribution is 2.23. The molecule has 1 fully saturated rings. The van der Waals surface area contributed by atoms with Crippen LogP contribution < -0.4 is 5.32 Å². The van der Waals surface area contributed by atoms with Gasteiger partial charge in [0.25, 0.3) is 0 Å². The minimum absolute atomic E-state index is 0.0571. The standard InChI is InChI=1S/C21H32N4O2/c1-5-25-16(2)13-17-14-18(8-9-20(17)25)22-21(26)24(11-10-23(3)4)15-19-7-6-12-27-19/h8-9,13-14,19H,5-7,10-12,15H2,1-4H3,(H,22,26). The number of benzene rings is 1. The van der Waals surface area contributed by atoms with Gasteiger partial charge in [0.05, 0.1) is 6.10 Å². The van der Waals surface area contributed by atoms with E-state index >= 15 is 0 Å². The maximum atomic E-state index is 12.9. The number of nitrogens with one attached hydrogen (secondary N) is 1. The van der Waals surface area contributed by atoms with Crippen LogP contribution in [-0.4, -0.2) is 66.8 Å². The average molecular weight is 373 g/mol. The smallest absolute Gasteiger partial charge is 0.321 e. The van der Waals surface area contributed by atoms with E-state index < -0.39 is 0 Å². The Morgan fingerprint density at radius 1 is 1.30 bits per heavy atom. The van der Waals surface area contributed by atoms with Gasteiger partial charge in [-0.15, -0.1) is 0 Å². The third-order valence-electron chi connectivity index (χ3n) is 5.23. The monoisotopic (exact) mass is 372 g/mol. The van der Waals surface area contributed by atoms with Crippen molar-refractivity contribution in [2.75, 3.05) is 45.7 Å². The van der Waals surface area contributed by atoms with E-state index in [2.05, 4.69) is 46.8 Å². The number of hydrogen-bond donors (Lipinski definition) is 1. The first-order chi connectivity index (χ1) is 13.0. The molecule has 3 rings (SSSR count). The van der Waals surface area contributed by atoms with Gasteiger partial charge in [0.15, 0.2) is 0 Å².